The maximum Gasteiger partial charge on any atom is 0.158 e. The fraction of sp³-hybridized carbons (Fsp3) is 0.222. The van der Waals surface area contributed by atoms with Gasteiger partial charge in [-0.3, -0.25) is 0 Å². The van der Waals surface area contributed by atoms with Crippen molar-refractivity contribution >= 4 is 47.4 Å². The molecule has 1 rings (SSSR count). The molecule has 0 amide bonds. The summed E-state index contributed by atoms with van der Waals surface area (Å²) in [5.74, 6) is 0. The van der Waals surface area contributed by atoms with E-state index in [1.165, 1.54) is 11.8 Å². The lowest BCUT2D eigenvalue weighted by Gasteiger charge is -1.99. The molecule has 1 aromatic carbocycles. The van der Waals surface area contributed by atoms with Crippen molar-refractivity contribution < 1.29 is 0 Å². The van der Waals surface area contributed by atoms with Gasteiger partial charge in [-0.1, -0.05) is 23.9 Å². The molecule has 3 nitrogen and oxygen atoms in total. The van der Waals surface area contributed by atoms with Crippen LogP contribution in [0, 0.1) is 0 Å². The molecular weight excluding hydrogens is 253 g/mol. The van der Waals surface area contributed by atoms with Gasteiger partial charge in [-0.05, 0) is 24.0 Å². The molecule has 0 aromatic heterocycles. The van der Waals surface area contributed by atoms with E-state index in [-0.39, 0.29) is 24.8 Å². The minimum Gasteiger partial charge on any atom is -0.378 e. The van der Waals surface area contributed by atoms with Crippen molar-refractivity contribution in [3.8, 4) is 0 Å². The highest BCUT2D eigenvalue weighted by Crippen LogP contribution is 2.14. The molecule has 0 radical (unpaired) electrons. The molecule has 0 atom stereocenters. The van der Waals surface area contributed by atoms with Gasteiger partial charge in [0, 0.05) is 6.54 Å². The van der Waals surface area contributed by atoms with Gasteiger partial charge in [-0.25, -0.2) is 4.99 Å². The summed E-state index contributed by atoms with van der Waals surface area (Å²) < 4.78 is 0. The average molecular weight is 268 g/mol. The molecule has 0 bridgehead atoms. The number of aliphatic imine (C=N–C) groups is 1. The maximum absolute atomic E-state index is 5.58. The van der Waals surface area contributed by atoms with E-state index >= 15 is 0 Å². The van der Waals surface area contributed by atoms with E-state index in [9.17, 15) is 0 Å². The van der Waals surface area contributed by atoms with Crippen LogP contribution in [-0.4, -0.2) is 11.4 Å². The van der Waals surface area contributed by atoms with E-state index in [1.807, 2.05) is 30.5 Å². The highest BCUT2D eigenvalue weighted by Gasteiger charge is 1.93. The number of hydrogen-bond donors (Lipinski definition) is 2. The monoisotopic (exact) mass is 267 g/mol. The number of thioether (sulfide) groups is 1. The van der Waals surface area contributed by atoms with Gasteiger partial charge in [-0.2, -0.15) is 0 Å². The molecule has 0 aliphatic carbocycles. The van der Waals surface area contributed by atoms with Crippen molar-refractivity contribution in [3.05, 3.63) is 29.8 Å². The largest absolute Gasteiger partial charge is 0.378 e. The SMILES string of the molecule is CSC(N)=Nc1cccc(CN)c1.Cl.Cl. The van der Waals surface area contributed by atoms with E-state index in [2.05, 4.69) is 4.99 Å². The number of hydrogen-bond acceptors (Lipinski definition) is 3. The molecule has 0 unspecified atom stereocenters. The molecular formula is C9H15Cl2N3S. The van der Waals surface area contributed by atoms with Crippen LogP contribution >= 0.6 is 36.6 Å². The highest BCUT2D eigenvalue weighted by atomic mass is 35.5. The Kier molecular flexibility index (Phi) is 10.0. The van der Waals surface area contributed by atoms with E-state index in [0.717, 1.165) is 11.3 Å². The fourth-order valence-electron chi connectivity index (χ4n) is 0.926. The van der Waals surface area contributed by atoms with Gasteiger partial charge < -0.3 is 11.5 Å². The third-order valence-corrected chi connectivity index (χ3v) is 2.10. The minimum atomic E-state index is 0. The second-order valence-corrected chi connectivity index (χ2v) is 3.35. The van der Waals surface area contributed by atoms with E-state index in [0.29, 0.717) is 11.7 Å². The van der Waals surface area contributed by atoms with Gasteiger partial charge in [0.25, 0.3) is 0 Å². The Morgan fingerprint density at radius 1 is 1.40 bits per heavy atom. The highest BCUT2D eigenvalue weighted by molar-refractivity contribution is 8.13. The van der Waals surface area contributed by atoms with Gasteiger partial charge in [0.15, 0.2) is 5.17 Å². The van der Waals surface area contributed by atoms with Crippen LogP contribution in [0.25, 0.3) is 0 Å². The maximum atomic E-state index is 5.58. The van der Waals surface area contributed by atoms with Gasteiger partial charge in [-0.15, -0.1) is 24.8 Å². The molecule has 6 heteroatoms. The van der Waals surface area contributed by atoms with E-state index in [1.54, 1.807) is 0 Å². The minimum absolute atomic E-state index is 0. The van der Waals surface area contributed by atoms with Crippen molar-refractivity contribution in [1.29, 1.82) is 0 Å². The van der Waals surface area contributed by atoms with Crippen molar-refractivity contribution in [2.24, 2.45) is 16.5 Å². The number of nitrogens with zero attached hydrogens (tertiary/aromatic N) is 1. The topological polar surface area (TPSA) is 64.4 Å². The fourth-order valence-corrected chi connectivity index (χ4v) is 1.12. The Labute approximate surface area is 107 Å². The number of rotatable bonds is 2. The summed E-state index contributed by atoms with van der Waals surface area (Å²) in [6.07, 6.45) is 1.89. The van der Waals surface area contributed by atoms with Gasteiger partial charge in [0.1, 0.15) is 0 Å². The van der Waals surface area contributed by atoms with Crippen molar-refractivity contribution in [3.63, 3.8) is 0 Å². The molecule has 0 fully saturated rings. The van der Waals surface area contributed by atoms with E-state index in [4.69, 9.17) is 11.5 Å². The Balaban J connectivity index is 0. The third kappa shape index (κ3) is 5.89. The van der Waals surface area contributed by atoms with Crippen LogP contribution < -0.4 is 11.5 Å². The number of nitrogens with two attached hydrogens (primary N) is 2. The Hall–Kier alpha value is -0.420. The predicted molar refractivity (Wildman–Crippen MR) is 73.6 cm³/mol. The van der Waals surface area contributed by atoms with Gasteiger partial charge >= 0.3 is 0 Å². The molecule has 0 aliphatic heterocycles. The zero-order valence-electron chi connectivity index (χ0n) is 8.34. The average Bonchev–Trinajstić information content (AvgIpc) is 2.18. The summed E-state index contributed by atoms with van der Waals surface area (Å²) >= 11 is 1.43. The summed E-state index contributed by atoms with van der Waals surface area (Å²) in [7, 11) is 0. The first-order chi connectivity index (χ1) is 6.26. The molecule has 4 N–H and O–H groups in total. The standard InChI is InChI=1S/C9H13N3S.2ClH/c1-13-9(11)12-8-4-2-3-7(5-8)6-10;;/h2-5H,6,10H2,1H3,(H2,11,12);2*1H. The van der Waals surface area contributed by atoms with Crippen LogP contribution in [0.5, 0.6) is 0 Å². The summed E-state index contributed by atoms with van der Waals surface area (Å²) in [4.78, 5) is 4.19. The Bertz CT molecular complexity index is 318. The molecule has 86 valence electrons. The molecule has 0 saturated heterocycles. The van der Waals surface area contributed by atoms with Crippen LogP contribution in [0.2, 0.25) is 0 Å². The van der Waals surface area contributed by atoms with Crippen LogP contribution in [0.1, 0.15) is 5.56 Å². The summed E-state index contributed by atoms with van der Waals surface area (Å²) in [6.45, 7) is 0.530. The van der Waals surface area contributed by atoms with Crippen LogP contribution in [0.15, 0.2) is 29.3 Å². The molecule has 0 spiro atoms. The molecule has 0 saturated carbocycles. The Morgan fingerprint density at radius 2 is 2.07 bits per heavy atom. The van der Waals surface area contributed by atoms with Crippen molar-refractivity contribution in [1.82, 2.24) is 0 Å². The van der Waals surface area contributed by atoms with Gasteiger partial charge in [0.2, 0.25) is 0 Å². The number of halogens is 2. The lowest BCUT2D eigenvalue weighted by molar-refractivity contribution is 1.07. The zero-order chi connectivity index (χ0) is 9.68. The van der Waals surface area contributed by atoms with Crippen molar-refractivity contribution in [2.45, 2.75) is 6.54 Å². The Morgan fingerprint density at radius 3 is 2.60 bits per heavy atom. The number of amidine groups is 1. The lowest BCUT2D eigenvalue weighted by atomic mass is 10.2. The first-order valence-corrected chi connectivity index (χ1v) is 5.16. The third-order valence-electron chi connectivity index (χ3n) is 1.59. The van der Waals surface area contributed by atoms with Crippen LogP contribution in [-0.2, 0) is 6.54 Å². The lowest BCUT2D eigenvalue weighted by Crippen LogP contribution is -2.04. The summed E-state index contributed by atoms with van der Waals surface area (Å²) in [5, 5.41) is 0.564. The second-order valence-electron chi connectivity index (χ2n) is 2.53. The second kappa shape index (κ2) is 8.85. The normalized spacial score (nSPS) is 10.1. The molecule has 0 heterocycles. The predicted octanol–water partition coefficient (Wildman–Crippen LogP) is 2.30. The van der Waals surface area contributed by atoms with Gasteiger partial charge in [0.05, 0.1) is 5.69 Å². The first kappa shape index (κ1) is 17.0. The van der Waals surface area contributed by atoms with Crippen molar-refractivity contribution in [2.75, 3.05) is 6.26 Å². The smallest absolute Gasteiger partial charge is 0.158 e. The number of benzene rings is 1. The van der Waals surface area contributed by atoms with Crippen LogP contribution in [0.3, 0.4) is 0 Å². The summed E-state index contributed by atoms with van der Waals surface area (Å²) in [6, 6.07) is 7.73. The molecule has 1 aromatic rings. The van der Waals surface area contributed by atoms with E-state index < -0.39 is 0 Å². The zero-order valence-corrected chi connectivity index (χ0v) is 10.8. The first-order valence-electron chi connectivity index (χ1n) is 3.93. The molecule has 0 aliphatic rings. The quantitative estimate of drug-likeness (QED) is 0.639. The summed E-state index contributed by atoms with van der Waals surface area (Å²) in [5.41, 5.74) is 13.0. The molecule has 15 heavy (non-hydrogen) atoms. The van der Waals surface area contributed by atoms with Crippen LogP contribution in [0.4, 0.5) is 5.69 Å².